The van der Waals surface area contributed by atoms with E-state index in [1.54, 1.807) is 24.3 Å². The Morgan fingerprint density at radius 1 is 1.19 bits per heavy atom. The van der Waals surface area contributed by atoms with Gasteiger partial charge in [-0.15, -0.1) is 0 Å². The Labute approximate surface area is 156 Å². The number of aliphatic carboxylic acids is 1. The van der Waals surface area contributed by atoms with Crippen molar-refractivity contribution in [3.05, 3.63) is 45.8 Å². The third kappa shape index (κ3) is 9.18. The predicted molar refractivity (Wildman–Crippen MR) is 97.2 cm³/mol. The van der Waals surface area contributed by atoms with Crippen LogP contribution in [0.1, 0.15) is 48.0 Å². The minimum atomic E-state index is -1.17. The number of carboxylic acid groups (broad SMARTS) is 1. The molecule has 0 aromatic heterocycles. The standard InChI is InChI=1S/C18H22N4O5/c19-22-20-10-2-1-3-17(25)21-15(11-18(26)27)16(24)9-8-13-4-6-14(12-23)7-5-13/h4-7,12,15H,1-3,8-11H2,(H,21,25)(H,26,27). The number of rotatable bonds is 13. The van der Waals surface area contributed by atoms with Crippen LogP contribution in [0.25, 0.3) is 10.4 Å². The van der Waals surface area contributed by atoms with E-state index in [0.717, 1.165) is 11.8 Å². The summed E-state index contributed by atoms with van der Waals surface area (Å²) in [6, 6.07) is 5.65. The van der Waals surface area contributed by atoms with Gasteiger partial charge in [-0.25, -0.2) is 0 Å². The van der Waals surface area contributed by atoms with Crippen LogP contribution in [0.4, 0.5) is 0 Å². The van der Waals surface area contributed by atoms with E-state index < -0.39 is 24.3 Å². The lowest BCUT2D eigenvalue weighted by Gasteiger charge is -2.16. The van der Waals surface area contributed by atoms with Gasteiger partial charge >= 0.3 is 5.97 Å². The second-order valence-electron chi connectivity index (χ2n) is 5.96. The molecule has 144 valence electrons. The number of amides is 1. The second kappa shape index (κ2) is 12.2. The first-order valence-corrected chi connectivity index (χ1v) is 8.55. The van der Waals surface area contributed by atoms with Gasteiger partial charge in [0.1, 0.15) is 6.29 Å². The van der Waals surface area contributed by atoms with Crippen molar-refractivity contribution in [3.8, 4) is 0 Å². The molecule has 0 aliphatic heterocycles. The van der Waals surface area contributed by atoms with E-state index in [1.165, 1.54) is 0 Å². The van der Waals surface area contributed by atoms with Crippen molar-refractivity contribution in [3.63, 3.8) is 0 Å². The molecule has 0 saturated heterocycles. The van der Waals surface area contributed by atoms with Crippen molar-refractivity contribution >= 4 is 23.9 Å². The summed E-state index contributed by atoms with van der Waals surface area (Å²) in [5, 5.41) is 14.8. The van der Waals surface area contributed by atoms with Crippen molar-refractivity contribution in [2.75, 3.05) is 6.54 Å². The molecule has 0 radical (unpaired) electrons. The number of unbranched alkanes of at least 4 members (excludes halogenated alkanes) is 1. The van der Waals surface area contributed by atoms with Crippen LogP contribution in [-0.4, -0.2) is 41.6 Å². The lowest BCUT2D eigenvalue weighted by atomic mass is 10.0. The van der Waals surface area contributed by atoms with E-state index in [1.807, 2.05) is 0 Å². The SMILES string of the molecule is [N-]=[N+]=NCCCCC(=O)NC(CC(=O)O)C(=O)CCc1ccc(C=O)cc1. The Morgan fingerprint density at radius 2 is 1.89 bits per heavy atom. The smallest absolute Gasteiger partial charge is 0.305 e. The first-order chi connectivity index (χ1) is 13.0. The molecule has 1 aromatic carbocycles. The van der Waals surface area contributed by atoms with Crippen LogP contribution in [0.3, 0.4) is 0 Å². The van der Waals surface area contributed by atoms with Gasteiger partial charge in [0, 0.05) is 29.9 Å². The van der Waals surface area contributed by atoms with E-state index in [4.69, 9.17) is 10.6 Å². The fourth-order valence-electron chi connectivity index (χ4n) is 2.40. The van der Waals surface area contributed by atoms with E-state index in [0.29, 0.717) is 24.8 Å². The highest BCUT2D eigenvalue weighted by Crippen LogP contribution is 2.08. The number of aldehydes is 1. The fraction of sp³-hybridized carbons (Fsp3) is 0.444. The number of hydrogen-bond acceptors (Lipinski definition) is 5. The summed E-state index contributed by atoms with van der Waals surface area (Å²) in [5.74, 6) is -1.95. The lowest BCUT2D eigenvalue weighted by Crippen LogP contribution is -2.42. The highest BCUT2D eigenvalue weighted by molar-refractivity contribution is 5.92. The summed E-state index contributed by atoms with van der Waals surface area (Å²) in [7, 11) is 0. The van der Waals surface area contributed by atoms with Crippen molar-refractivity contribution in [1.82, 2.24) is 5.32 Å². The van der Waals surface area contributed by atoms with Gasteiger partial charge < -0.3 is 10.4 Å². The normalized spacial score (nSPS) is 11.1. The van der Waals surface area contributed by atoms with Gasteiger partial charge in [0.05, 0.1) is 12.5 Å². The monoisotopic (exact) mass is 374 g/mol. The first-order valence-electron chi connectivity index (χ1n) is 8.55. The van der Waals surface area contributed by atoms with E-state index in [-0.39, 0.29) is 25.2 Å². The predicted octanol–water partition coefficient (Wildman–Crippen LogP) is 2.44. The summed E-state index contributed by atoms with van der Waals surface area (Å²) >= 11 is 0. The molecule has 1 rings (SSSR count). The summed E-state index contributed by atoms with van der Waals surface area (Å²) in [6.45, 7) is 0.282. The number of nitrogens with zero attached hydrogens (tertiary/aromatic N) is 3. The number of benzene rings is 1. The van der Waals surface area contributed by atoms with Gasteiger partial charge in [0.2, 0.25) is 5.91 Å². The minimum Gasteiger partial charge on any atom is -0.481 e. The van der Waals surface area contributed by atoms with Crippen LogP contribution in [0.15, 0.2) is 29.4 Å². The molecular formula is C18H22N4O5. The Bertz CT molecular complexity index is 711. The molecule has 9 nitrogen and oxygen atoms in total. The molecule has 27 heavy (non-hydrogen) atoms. The molecule has 1 unspecified atom stereocenters. The zero-order chi connectivity index (χ0) is 20.1. The number of nitrogens with one attached hydrogen (secondary N) is 1. The van der Waals surface area contributed by atoms with E-state index >= 15 is 0 Å². The largest absolute Gasteiger partial charge is 0.481 e. The first kappa shape index (κ1) is 21.9. The van der Waals surface area contributed by atoms with Gasteiger partial charge in [-0.2, -0.15) is 0 Å². The van der Waals surface area contributed by atoms with Crippen molar-refractivity contribution in [2.45, 2.75) is 44.6 Å². The van der Waals surface area contributed by atoms with Gasteiger partial charge in [-0.1, -0.05) is 29.4 Å². The number of azide groups is 1. The van der Waals surface area contributed by atoms with Gasteiger partial charge in [0.25, 0.3) is 0 Å². The topological polar surface area (TPSA) is 149 Å². The summed E-state index contributed by atoms with van der Waals surface area (Å²) in [6.07, 6.45) is 1.84. The number of Topliss-reactive ketones (excluding diaryl/α,β-unsaturated/α-hetero) is 1. The molecule has 0 bridgehead atoms. The average Bonchev–Trinajstić information content (AvgIpc) is 2.65. The lowest BCUT2D eigenvalue weighted by molar-refractivity contribution is -0.140. The molecule has 0 aliphatic rings. The molecule has 0 saturated carbocycles. The van der Waals surface area contributed by atoms with Crippen LogP contribution in [0.2, 0.25) is 0 Å². The number of ketones is 1. The maximum Gasteiger partial charge on any atom is 0.305 e. The zero-order valence-corrected chi connectivity index (χ0v) is 14.8. The van der Waals surface area contributed by atoms with E-state index in [2.05, 4.69) is 15.3 Å². The van der Waals surface area contributed by atoms with Gasteiger partial charge in [-0.05, 0) is 30.4 Å². The molecule has 2 N–H and O–H groups in total. The second-order valence-corrected chi connectivity index (χ2v) is 5.96. The highest BCUT2D eigenvalue weighted by Gasteiger charge is 2.23. The minimum absolute atomic E-state index is 0.0789. The van der Waals surface area contributed by atoms with Gasteiger partial charge in [-0.3, -0.25) is 19.2 Å². The number of aryl methyl sites for hydroxylation is 1. The van der Waals surface area contributed by atoms with E-state index in [9.17, 15) is 19.2 Å². The van der Waals surface area contributed by atoms with Crippen molar-refractivity contribution < 1.29 is 24.3 Å². The van der Waals surface area contributed by atoms with Crippen molar-refractivity contribution in [1.29, 1.82) is 0 Å². The molecule has 0 aliphatic carbocycles. The molecule has 0 spiro atoms. The Morgan fingerprint density at radius 3 is 2.48 bits per heavy atom. The number of carboxylic acids is 1. The molecule has 1 amide bonds. The molecular weight excluding hydrogens is 352 g/mol. The maximum absolute atomic E-state index is 12.3. The molecule has 9 heteroatoms. The van der Waals surface area contributed by atoms with Crippen molar-refractivity contribution in [2.24, 2.45) is 5.11 Å². The molecule has 0 heterocycles. The zero-order valence-electron chi connectivity index (χ0n) is 14.8. The fourth-order valence-corrected chi connectivity index (χ4v) is 2.40. The highest BCUT2D eigenvalue weighted by atomic mass is 16.4. The Kier molecular flexibility index (Phi) is 9.88. The van der Waals surface area contributed by atoms with Crippen LogP contribution >= 0.6 is 0 Å². The maximum atomic E-state index is 12.3. The van der Waals surface area contributed by atoms with Gasteiger partial charge in [0.15, 0.2) is 5.78 Å². The quantitative estimate of drug-likeness (QED) is 0.179. The molecule has 0 fully saturated rings. The number of hydrogen-bond donors (Lipinski definition) is 2. The molecule has 1 atom stereocenters. The summed E-state index contributed by atoms with van der Waals surface area (Å²) < 4.78 is 0. The Hall–Kier alpha value is -3.19. The number of carbonyl (C=O) groups is 4. The summed E-state index contributed by atoms with van der Waals surface area (Å²) in [4.78, 5) is 48.5. The van der Waals surface area contributed by atoms with Crippen LogP contribution in [-0.2, 0) is 20.8 Å². The van der Waals surface area contributed by atoms with Crippen LogP contribution in [0, 0.1) is 0 Å². The molecule has 1 aromatic rings. The average molecular weight is 374 g/mol. The third-order valence-corrected chi connectivity index (χ3v) is 3.85. The summed E-state index contributed by atoms with van der Waals surface area (Å²) in [5.41, 5.74) is 9.54. The van der Waals surface area contributed by atoms with Crippen LogP contribution in [0.5, 0.6) is 0 Å². The number of carbonyl (C=O) groups excluding carboxylic acids is 3. The Balaban J connectivity index is 2.53. The van der Waals surface area contributed by atoms with Crippen LogP contribution < -0.4 is 5.32 Å². The third-order valence-electron chi connectivity index (χ3n) is 3.85.